The van der Waals surface area contributed by atoms with Gasteiger partial charge in [-0.05, 0) is 43.3 Å². The number of hydrogen-bond donors (Lipinski definition) is 0. The summed E-state index contributed by atoms with van der Waals surface area (Å²) in [5.74, 6) is -0.666. The highest BCUT2D eigenvalue weighted by atomic mass is 19.1. The average Bonchev–Trinajstić information content (AvgIpc) is 3.30. The van der Waals surface area contributed by atoms with Crippen LogP contribution in [0, 0.1) is 11.6 Å². The molecule has 1 atom stereocenters. The van der Waals surface area contributed by atoms with E-state index in [2.05, 4.69) is 10.1 Å². The molecule has 1 saturated heterocycles. The number of aromatic nitrogens is 2. The van der Waals surface area contributed by atoms with Gasteiger partial charge in [0.2, 0.25) is 17.6 Å². The van der Waals surface area contributed by atoms with Crippen LogP contribution >= 0.6 is 0 Å². The van der Waals surface area contributed by atoms with Crippen LogP contribution in [0.2, 0.25) is 0 Å². The van der Waals surface area contributed by atoms with E-state index in [1.54, 1.807) is 0 Å². The Labute approximate surface area is 159 Å². The molecule has 3 aromatic rings. The maximum atomic E-state index is 14.0. The van der Waals surface area contributed by atoms with Crippen molar-refractivity contribution < 1.29 is 22.8 Å². The van der Waals surface area contributed by atoms with Crippen LogP contribution in [-0.2, 0) is 4.79 Å². The van der Waals surface area contributed by atoms with Crippen molar-refractivity contribution in [1.29, 1.82) is 0 Å². The highest BCUT2D eigenvalue weighted by molar-refractivity contribution is 5.96. The maximum Gasteiger partial charge on any atom is 0.232 e. The van der Waals surface area contributed by atoms with E-state index in [1.807, 2.05) is 31.2 Å². The average molecular weight is 385 g/mol. The van der Waals surface area contributed by atoms with Crippen LogP contribution in [0.5, 0.6) is 5.75 Å². The summed E-state index contributed by atoms with van der Waals surface area (Å²) in [7, 11) is 0. The number of carbonyl (C=O) groups is 1. The minimum Gasteiger partial charge on any atom is -0.494 e. The normalized spacial score (nSPS) is 16.6. The van der Waals surface area contributed by atoms with Gasteiger partial charge in [0, 0.05) is 24.6 Å². The first kappa shape index (κ1) is 18.1. The highest BCUT2D eigenvalue weighted by Crippen LogP contribution is 2.33. The number of ether oxygens (including phenoxy) is 1. The summed E-state index contributed by atoms with van der Waals surface area (Å²) >= 11 is 0. The second-order valence-corrected chi connectivity index (χ2v) is 6.41. The van der Waals surface area contributed by atoms with E-state index >= 15 is 0 Å². The van der Waals surface area contributed by atoms with E-state index in [-0.39, 0.29) is 30.5 Å². The zero-order valence-corrected chi connectivity index (χ0v) is 15.1. The molecule has 6 nitrogen and oxygen atoms in total. The monoisotopic (exact) mass is 385 g/mol. The number of benzene rings is 2. The Hall–Kier alpha value is -3.29. The molecule has 1 aromatic heterocycles. The highest BCUT2D eigenvalue weighted by Gasteiger charge is 2.36. The van der Waals surface area contributed by atoms with E-state index in [9.17, 15) is 13.6 Å². The number of anilines is 1. The molecule has 0 spiro atoms. The standard InChI is InChI=1S/C20H17F2N3O3/c1-2-27-15-6-3-12(4-7-15)19-23-20(28-24-19)13-9-18(26)25(11-13)17-8-5-14(21)10-16(17)22/h3-8,10,13H,2,9,11H2,1H3. The molecule has 0 N–H and O–H groups in total. The quantitative estimate of drug-likeness (QED) is 0.666. The lowest BCUT2D eigenvalue weighted by atomic mass is 10.1. The van der Waals surface area contributed by atoms with Crippen molar-refractivity contribution in [2.45, 2.75) is 19.3 Å². The molecular formula is C20H17F2N3O3. The molecule has 1 unspecified atom stereocenters. The zero-order chi connectivity index (χ0) is 19.7. The first-order valence-electron chi connectivity index (χ1n) is 8.87. The molecule has 0 radical (unpaired) electrons. The van der Waals surface area contributed by atoms with Gasteiger partial charge in [-0.25, -0.2) is 8.78 Å². The molecule has 1 amide bonds. The molecule has 0 bridgehead atoms. The fourth-order valence-electron chi connectivity index (χ4n) is 3.19. The van der Waals surface area contributed by atoms with Crippen molar-refractivity contribution in [3.63, 3.8) is 0 Å². The van der Waals surface area contributed by atoms with Crippen LogP contribution < -0.4 is 9.64 Å². The molecule has 2 aromatic carbocycles. The van der Waals surface area contributed by atoms with Gasteiger partial charge < -0.3 is 14.2 Å². The fourth-order valence-corrected chi connectivity index (χ4v) is 3.19. The predicted molar refractivity (Wildman–Crippen MR) is 97.0 cm³/mol. The Bertz CT molecular complexity index is 1000. The summed E-state index contributed by atoms with van der Waals surface area (Å²) in [6.45, 7) is 2.67. The van der Waals surface area contributed by atoms with Crippen molar-refractivity contribution in [3.05, 3.63) is 60.0 Å². The van der Waals surface area contributed by atoms with Crippen LogP contribution in [-0.4, -0.2) is 29.2 Å². The SMILES string of the molecule is CCOc1ccc(-c2noc(C3CC(=O)N(c4ccc(F)cc4F)C3)n2)cc1. The zero-order valence-electron chi connectivity index (χ0n) is 15.1. The molecule has 28 heavy (non-hydrogen) atoms. The fraction of sp³-hybridized carbons (Fsp3) is 0.250. The summed E-state index contributed by atoms with van der Waals surface area (Å²) in [5, 5.41) is 3.98. The minimum atomic E-state index is -0.783. The van der Waals surface area contributed by atoms with Gasteiger partial charge in [0.1, 0.15) is 17.4 Å². The summed E-state index contributed by atoms with van der Waals surface area (Å²) in [5.41, 5.74) is 0.796. The van der Waals surface area contributed by atoms with Crippen LogP contribution in [0.3, 0.4) is 0 Å². The third-order valence-electron chi connectivity index (χ3n) is 4.54. The van der Waals surface area contributed by atoms with Gasteiger partial charge in [0.05, 0.1) is 18.2 Å². The van der Waals surface area contributed by atoms with E-state index in [0.717, 1.165) is 23.4 Å². The first-order valence-corrected chi connectivity index (χ1v) is 8.87. The summed E-state index contributed by atoms with van der Waals surface area (Å²) in [6.07, 6.45) is 0.113. The van der Waals surface area contributed by atoms with Gasteiger partial charge in [0.15, 0.2) is 0 Å². The lowest BCUT2D eigenvalue weighted by Gasteiger charge is -2.16. The number of amides is 1. The Morgan fingerprint density at radius 1 is 1.21 bits per heavy atom. The van der Waals surface area contributed by atoms with Gasteiger partial charge in [-0.3, -0.25) is 4.79 Å². The predicted octanol–water partition coefficient (Wildman–Crippen LogP) is 3.93. The molecule has 8 heteroatoms. The lowest BCUT2D eigenvalue weighted by Crippen LogP contribution is -2.25. The second-order valence-electron chi connectivity index (χ2n) is 6.41. The van der Waals surface area contributed by atoms with Crippen molar-refractivity contribution in [2.75, 3.05) is 18.1 Å². The van der Waals surface area contributed by atoms with Crippen LogP contribution in [0.1, 0.15) is 25.2 Å². The Balaban J connectivity index is 1.52. The van der Waals surface area contributed by atoms with Gasteiger partial charge in [0.25, 0.3) is 0 Å². The number of hydrogen-bond acceptors (Lipinski definition) is 5. The van der Waals surface area contributed by atoms with Crippen LogP contribution in [0.15, 0.2) is 47.0 Å². The van der Waals surface area contributed by atoms with Crippen molar-refractivity contribution in [3.8, 4) is 17.1 Å². The minimum absolute atomic E-state index is 0.0418. The van der Waals surface area contributed by atoms with Gasteiger partial charge in [-0.2, -0.15) is 4.98 Å². The van der Waals surface area contributed by atoms with Crippen molar-refractivity contribution in [2.24, 2.45) is 0 Å². The van der Waals surface area contributed by atoms with E-state index in [1.165, 1.54) is 11.0 Å². The van der Waals surface area contributed by atoms with Gasteiger partial charge in [-0.1, -0.05) is 5.16 Å². The molecule has 144 valence electrons. The van der Waals surface area contributed by atoms with Gasteiger partial charge >= 0.3 is 0 Å². The molecule has 0 aliphatic carbocycles. The molecule has 1 fully saturated rings. The maximum absolute atomic E-state index is 14.0. The second kappa shape index (κ2) is 7.38. The number of nitrogens with zero attached hydrogens (tertiary/aromatic N) is 3. The third-order valence-corrected chi connectivity index (χ3v) is 4.54. The topological polar surface area (TPSA) is 68.5 Å². The first-order chi connectivity index (χ1) is 13.5. The van der Waals surface area contributed by atoms with Gasteiger partial charge in [-0.15, -0.1) is 0 Å². The summed E-state index contributed by atoms with van der Waals surface area (Å²) in [4.78, 5) is 18.0. The smallest absolute Gasteiger partial charge is 0.232 e. The number of carbonyl (C=O) groups excluding carboxylic acids is 1. The summed E-state index contributed by atoms with van der Waals surface area (Å²) in [6, 6.07) is 10.4. The third kappa shape index (κ3) is 3.45. The number of halogens is 2. The van der Waals surface area contributed by atoms with E-state index in [4.69, 9.17) is 9.26 Å². The van der Waals surface area contributed by atoms with E-state index in [0.29, 0.717) is 18.3 Å². The molecular weight excluding hydrogens is 368 g/mol. The summed E-state index contributed by atoms with van der Waals surface area (Å²) < 4.78 is 37.9. The lowest BCUT2D eigenvalue weighted by molar-refractivity contribution is -0.117. The number of rotatable bonds is 5. The molecule has 1 aliphatic heterocycles. The molecule has 1 aliphatic rings. The van der Waals surface area contributed by atoms with E-state index < -0.39 is 11.6 Å². The van der Waals surface area contributed by atoms with Crippen LogP contribution in [0.25, 0.3) is 11.4 Å². The Kier molecular flexibility index (Phi) is 4.77. The van der Waals surface area contributed by atoms with Crippen molar-refractivity contribution in [1.82, 2.24) is 10.1 Å². The van der Waals surface area contributed by atoms with Crippen LogP contribution in [0.4, 0.5) is 14.5 Å². The Morgan fingerprint density at radius 3 is 2.71 bits per heavy atom. The molecule has 0 saturated carbocycles. The van der Waals surface area contributed by atoms with Crippen molar-refractivity contribution >= 4 is 11.6 Å². The Morgan fingerprint density at radius 2 is 2.00 bits per heavy atom. The molecule has 4 rings (SSSR count). The largest absolute Gasteiger partial charge is 0.494 e. The molecule has 2 heterocycles.